The van der Waals surface area contributed by atoms with E-state index in [1.807, 2.05) is 11.9 Å². The highest BCUT2D eigenvalue weighted by molar-refractivity contribution is 5.89. The first-order valence-corrected chi connectivity index (χ1v) is 6.22. The molecule has 2 fully saturated rings. The van der Waals surface area contributed by atoms with Gasteiger partial charge in [0.25, 0.3) is 0 Å². The van der Waals surface area contributed by atoms with Gasteiger partial charge in [-0.15, -0.1) is 0 Å². The highest BCUT2D eigenvalue weighted by atomic mass is 16.2. The van der Waals surface area contributed by atoms with E-state index in [1.54, 1.807) is 0 Å². The van der Waals surface area contributed by atoms with Gasteiger partial charge in [0.15, 0.2) is 0 Å². The summed E-state index contributed by atoms with van der Waals surface area (Å²) >= 11 is 0. The van der Waals surface area contributed by atoms with Gasteiger partial charge >= 0.3 is 0 Å². The van der Waals surface area contributed by atoms with Crippen LogP contribution in [0.3, 0.4) is 0 Å². The van der Waals surface area contributed by atoms with E-state index in [1.165, 1.54) is 19.3 Å². The minimum Gasteiger partial charge on any atom is -0.355 e. The molecule has 0 aromatic heterocycles. The van der Waals surface area contributed by atoms with E-state index in [2.05, 4.69) is 5.32 Å². The van der Waals surface area contributed by atoms with Crippen molar-refractivity contribution in [3.8, 4) is 0 Å². The first kappa shape index (κ1) is 11.4. The number of carbonyl (C=O) groups excluding carboxylic acids is 2. The van der Waals surface area contributed by atoms with Gasteiger partial charge in [0, 0.05) is 26.1 Å². The third kappa shape index (κ3) is 2.36. The maximum absolute atomic E-state index is 12.1. The maximum Gasteiger partial charge on any atom is 0.227 e. The van der Waals surface area contributed by atoms with Crippen LogP contribution in [0, 0.1) is 5.92 Å². The molecular weight excluding hydrogens is 204 g/mol. The average molecular weight is 224 g/mol. The third-order valence-corrected chi connectivity index (χ3v) is 3.80. The van der Waals surface area contributed by atoms with Gasteiger partial charge < -0.3 is 10.2 Å². The van der Waals surface area contributed by atoms with Crippen LogP contribution < -0.4 is 5.32 Å². The summed E-state index contributed by atoms with van der Waals surface area (Å²) in [5, 5.41) is 2.72. The molecule has 0 aromatic carbocycles. The fourth-order valence-corrected chi connectivity index (χ4v) is 2.72. The normalized spacial score (nSPS) is 26.6. The molecule has 90 valence electrons. The molecule has 2 amide bonds. The predicted octanol–water partition coefficient (Wildman–Crippen LogP) is 0.914. The molecule has 1 N–H and O–H groups in total. The second-order valence-corrected chi connectivity index (χ2v) is 4.95. The fourth-order valence-electron chi connectivity index (χ4n) is 2.72. The Bertz CT molecular complexity index is 285. The molecule has 16 heavy (non-hydrogen) atoms. The van der Waals surface area contributed by atoms with Crippen LogP contribution in [0.4, 0.5) is 0 Å². The lowest BCUT2D eigenvalue weighted by molar-refractivity contribution is -0.137. The van der Waals surface area contributed by atoms with Gasteiger partial charge in [-0.05, 0) is 12.8 Å². The van der Waals surface area contributed by atoms with Gasteiger partial charge in [-0.2, -0.15) is 0 Å². The molecule has 1 atom stereocenters. The number of rotatable bonds is 2. The van der Waals surface area contributed by atoms with Crippen molar-refractivity contribution < 1.29 is 9.59 Å². The number of amides is 2. The van der Waals surface area contributed by atoms with Crippen molar-refractivity contribution >= 4 is 11.8 Å². The van der Waals surface area contributed by atoms with Crippen LogP contribution in [-0.4, -0.2) is 36.3 Å². The summed E-state index contributed by atoms with van der Waals surface area (Å²) in [5.74, 6) is 0.0278. The fraction of sp³-hybridized carbons (Fsp3) is 0.833. The second-order valence-electron chi connectivity index (χ2n) is 4.95. The van der Waals surface area contributed by atoms with E-state index in [9.17, 15) is 9.59 Å². The van der Waals surface area contributed by atoms with Crippen molar-refractivity contribution in [3.63, 3.8) is 0 Å². The van der Waals surface area contributed by atoms with E-state index in [4.69, 9.17) is 0 Å². The quantitative estimate of drug-likeness (QED) is 0.758. The van der Waals surface area contributed by atoms with Crippen LogP contribution >= 0.6 is 0 Å². The lowest BCUT2D eigenvalue weighted by atomic mass is 9.93. The maximum atomic E-state index is 12.1. The van der Waals surface area contributed by atoms with Crippen molar-refractivity contribution in [1.29, 1.82) is 0 Å². The first-order chi connectivity index (χ1) is 7.68. The Morgan fingerprint density at radius 1 is 1.31 bits per heavy atom. The molecule has 1 aliphatic heterocycles. The van der Waals surface area contributed by atoms with Gasteiger partial charge in [0.1, 0.15) is 0 Å². The van der Waals surface area contributed by atoms with Gasteiger partial charge in [-0.1, -0.05) is 19.3 Å². The number of hydrogen-bond acceptors (Lipinski definition) is 2. The van der Waals surface area contributed by atoms with Crippen LogP contribution in [0.2, 0.25) is 0 Å². The van der Waals surface area contributed by atoms with E-state index in [-0.39, 0.29) is 17.7 Å². The van der Waals surface area contributed by atoms with Crippen molar-refractivity contribution in [2.24, 2.45) is 5.92 Å². The number of nitrogens with one attached hydrogen (secondary N) is 1. The van der Waals surface area contributed by atoms with Crippen molar-refractivity contribution in [2.45, 2.75) is 44.6 Å². The standard InChI is InChI=1S/C12H20N2O2/c1-14(10-5-3-2-4-6-10)12(16)9-7-11(15)13-8-9/h9-10H,2-8H2,1H3,(H,13,15). The molecule has 0 radical (unpaired) electrons. The average Bonchev–Trinajstić information content (AvgIpc) is 2.75. The topological polar surface area (TPSA) is 49.4 Å². The molecule has 2 rings (SSSR count). The Kier molecular flexibility index (Phi) is 3.46. The first-order valence-electron chi connectivity index (χ1n) is 6.22. The molecular formula is C12H20N2O2. The number of carbonyl (C=O) groups is 2. The van der Waals surface area contributed by atoms with E-state index >= 15 is 0 Å². The highest BCUT2D eigenvalue weighted by Gasteiger charge is 2.32. The molecule has 2 aliphatic rings. The summed E-state index contributed by atoms with van der Waals surface area (Å²) in [6, 6.07) is 0.400. The Hall–Kier alpha value is -1.06. The van der Waals surface area contributed by atoms with Crippen LogP contribution in [-0.2, 0) is 9.59 Å². The summed E-state index contributed by atoms with van der Waals surface area (Å²) in [6.45, 7) is 0.523. The van der Waals surface area contributed by atoms with Gasteiger partial charge in [0.05, 0.1) is 5.92 Å². The van der Waals surface area contributed by atoms with Gasteiger partial charge in [-0.25, -0.2) is 0 Å². The number of hydrogen-bond donors (Lipinski definition) is 1. The zero-order valence-electron chi connectivity index (χ0n) is 9.87. The molecule has 1 unspecified atom stereocenters. The molecule has 0 aromatic rings. The second kappa shape index (κ2) is 4.85. The van der Waals surface area contributed by atoms with Gasteiger partial charge in [-0.3, -0.25) is 9.59 Å². The smallest absolute Gasteiger partial charge is 0.227 e. The molecule has 1 saturated heterocycles. The van der Waals surface area contributed by atoms with Crippen LogP contribution in [0.25, 0.3) is 0 Å². The van der Waals surface area contributed by atoms with Crippen molar-refractivity contribution in [2.75, 3.05) is 13.6 Å². The lowest BCUT2D eigenvalue weighted by Crippen LogP contribution is -2.42. The van der Waals surface area contributed by atoms with Crippen LogP contribution in [0.15, 0.2) is 0 Å². The van der Waals surface area contributed by atoms with E-state index in [0.717, 1.165) is 12.8 Å². The lowest BCUT2D eigenvalue weighted by Gasteiger charge is -2.32. The zero-order chi connectivity index (χ0) is 11.5. The third-order valence-electron chi connectivity index (χ3n) is 3.80. The minimum atomic E-state index is -0.126. The molecule has 0 spiro atoms. The summed E-state index contributed by atoms with van der Waals surface area (Å²) < 4.78 is 0. The highest BCUT2D eigenvalue weighted by Crippen LogP contribution is 2.23. The minimum absolute atomic E-state index is 0.00962. The summed E-state index contributed by atoms with van der Waals surface area (Å²) in [4.78, 5) is 25.1. The van der Waals surface area contributed by atoms with Crippen LogP contribution in [0.1, 0.15) is 38.5 Å². The van der Waals surface area contributed by atoms with Gasteiger partial charge in [0.2, 0.25) is 11.8 Å². The molecule has 1 saturated carbocycles. The number of nitrogens with zero attached hydrogens (tertiary/aromatic N) is 1. The van der Waals surface area contributed by atoms with Crippen molar-refractivity contribution in [1.82, 2.24) is 10.2 Å². The van der Waals surface area contributed by atoms with Crippen LogP contribution in [0.5, 0.6) is 0 Å². The Morgan fingerprint density at radius 3 is 2.56 bits per heavy atom. The summed E-state index contributed by atoms with van der Waals surface area (Å²) in [6.07, 6.45) is 6.36. The molecule has 4 heteroatoms. The Morgan fingerprint density at radius 2 is 2.00 bits per heavy atom. The summed E-state index contributed by atoms with van der Waals surface area (Å²) in [5.41, 5.74) is 0. The van der Waals surface area contributed by atoms with E-state index in [0.29, 0.717) is 19.0 Å². The van der Waals surface area contributed by atoms with E-state index < -0.39 is 0 Å². The molecule has 0 bridgehead atoms. The largest absolute Gasteiger partial charge is 0.355 e. The SMILES string of the molecule is CN(C(=O)C1CNC(=O)C1)C1CCCCC1. The molecule has 1 heterocycles. The zero-order valence-corrected chi connectivity index (χ0v) is 9.87. The Balaban J connectivity index is 1.90. The summed E-state index contributed by atoms with van der Waals surface area (Å²) in [7, 11) is 1.89. The van der Waals surface area contributed by atoms with Crippen molar-refractivity contribution in [3.05, 3.63) is 0 Å². The molecule has 4 nitrogen and oxygen atoms in total. The monoisotopic (exact) mass is 224 g/mol. The Labute approximate surface area is 96.4 Å². The predicted molar refractivity (Wildman–Crippen MR) is 60.8 cm³/mol. The molecule has 1 aliphatic carbocycles.